The molecule has 0 atom stereocenters. The van der Waals surface area contributed by atoms with E-state index in [1.807, 2.05) is 5.92 Å². The first kappa shape index (κ1) is 17.8. The zero-order valence-electron chi connectivity index (χ0n) is 13.4. The highest BCUT2D eigenvalue weighted by molar-refractivity contribution is 6.11. The van der Waals surface area contributed by atoms with Gasteiger partial charge in [-0.1, -0.05) is 0 Å². The van der Waals surface area contributed by atoms with E-state index in [4.69, 9.17) is 21.6 Å². The number of alkyl halides is 1. The van der Waals surface area contributed by atoms with Crippen LogP contribution in [0.5, 0.6) is 5.75 Å². The van der Waals surface area contributed by atoms with E-state index in [1.165, 1.54) is 24.1 Å². The third-order valence-corrected chi connectivity index (χ3v) is 4.20. The molecule has 7 heteroatoms. The molecule has 0 bridgehead atoms. The maximum atomic E-state index is 13.3. The number of nitrogens with zero attached hydrogens (tertiary/aromatic N) is 1. The van der Waals surface area contributed by atoms with Crippen molar-refractivity contribution in [3.8, 4) is 18.1 Å². The van der Waals surface area contributed by atoms with Gasteiger partial charge in [0.2, 0.25) is 5.91 Å². The van der Waals surface area contributed by atoms with E-state index < -0.39 is 24.0 Å². The van der Waals surface area contributed by atoms with E-state index in [2.05, 4.69) is 0 Å². The Morgan fingerprint density at radius 2 is 2.12 bits per heavy atom. The number of carbonyl (C=O) groups excluding carboxylic acids is 2. The fourth-order valence-electron chi connectivity index (χ4n) is 2.92. The Bertz CT molecular complexity index is 678. The first-order valence-corrected chi connectivity index (χ1v) is 7.41. The smallest absolute Gasteiger partial charge is 0.303 e. The second-order valence-electron chi connectivity index (χ2n) is 5.42. The molecule has 128 valence electrons. The first-order valence-electron chi connectivity index (χ1n) is 7.41. The number of hydrogen-bond donors (Lipinski definition) is 1. The van der Waals surface area contributed by atoms with Gasteiger partial charge in [-0.3, -0.25) is 14.5 Å². The minimum Gasteiger partial charge on any atom is -0.496 e. The van der Waals surface area contributed by atoms with Crippen molar-refractivity contribution in [3.05, 3.63) is 23.8 Å². The van der Waals surface area contributed by atoms with Gasteiger partial charge < -0.3 is 15.2 Å². The number of methoxy groups -OCH3 is 1. The van der Waals surface area contributed by atoms with Gasteiger partial charge in [-0.2, -0.15) is 0 Å². The Kier molecular flexibility index (Phi) is 5.42. The van der Waals surface area contributed by atoms with Crippen LogP contribution in [0.15, 0.2) is 18.2 Å². The lowest BCUT2D eigenvalue weighted by Gasteiger charge is -2.43. The fourth-order valence-corrected chi connectivity index (χ4v) is 2.92. The Balaban J connectivity index is 2.59. The number of anilines is 1. The topological polar surface area (TPSA) is 81.9 Å². The van der Waals surface area contributed by atoms with Crippen molar-refractivity contribution in [2.24, 2.45) is 5.73 Å². The molecule has 1 aliphatic rings. The SMILES string of the molecule is C#CC(=O)N(c1ccc(OC)c(CF)c1)C1(C(N)=O)CCOCC1. The van der Waals surface area contributed by atoms with Gasteiger partial charge in [0.1, 0.15) is 18.0 Å². The van der Waals surface area contributed by atoms with E-state index >= 15 is 0 Å². The van der Waals surface area contributed by atoms with E-state index in [0.717, 1.165) is 0 Å². The quantitative estimate of drug-likeness (QED) is 0.820. The summed E-state index contributed by atoms with van der Waals surface area (Å²) in [4.78, 5) is 25.8. The lowest BCUT2D eigenvalue weighted by atomic mass is 9.86. The van der Waals surface area contributed by atoms with Crippen molar-refractivity contribution >= 4 is 17.5 Å². The molecule has 1 aromatic rings. The number of primary amides is 1. The van der Waals surface area contributed by atoms with Crippen LogP contribution in [0.4, 0.5) is 10.1 Å². The zero-order chi connectivity index (χ0) is 17.7. The average Bonchev–Trinajstić information content (AvgIpc) is 2.62. The Hall–Kier alpha value is -2.59. The molecule has 1 heterocycles. The number of terminal acetylenes is 1. The summed E-state index contributed by atoms with van der Waals surface area (Å²) >= 11 is 0. The lowest BCUT2D eigenvalue weighted by molar-refractivity contribution is -0.130. The number of carbonyl (C=O) groups is 2. The Morgan fingerprint density at radius 1 is 1.46 bits per heavy atom. The first-order chi connectivity index (χ1) is 11.5. The van der Waals surface area contributed by atoms with E-state index in [9.17, 15) is 14.0 Å². The molecular formula is C17H19FN2O4. The van der Waals surface area contributed by atoms with Gasteiger partial charge in [0, 0.05) is 37.3 Å². The molecular weight excluding hydrogens is 315 g/mol. The predicted molar refractivity (Wildman–Crippen MR) is 86.1 cm³/mol. The monoisotopic (exact) mass is 334 g/mol. The van der Waals surface area contributed by atoms with Crippen LogP contribution >= 0.6 is 0 Å². The van der Waals surface area contributed by atoms with Gasteiger partial charge in [0.25, 0.3) is 0 Å². The molecule has 2 amide bonds. The van der Waals surface area contributed by atoms with Crippen LogP contribution in [-0.4, -0.2) is 37.7 Å². The number of amides is 2. The van der Waals surface area contributed by atoms with Gasteiger partial charge in [-0.15, -0.1) is 6.42 Å². The summed E-state index contributed by atoms with van der Waals surface area (Å²) in [5.41, 5.74) is 4.85. The molecule has 1 fully saturated rings. The molecule has 0 aromatic heterocycles. The summed E-state index contributed by atoms with van der Waals surface area (Å²) in [5.74, 6) is 0.971. The largest absolute Gasteiger partial charge is 0.496 e. The summed E-state index contributed by atoms with van der Waals surface area (Å²) in [6.07, 6.45) is 5.71. The highest BCUT2D eigenvalue weighted by Crippen LogP contribution is 2.35. The molecule has 0 radical (unpaired) electrons. The van der Waals surface area contributed by atoms with Crippen molar-refractivity contribution < 1.29 is 23.5 Å². The second kappa shape index (κ2) is 7.32. The van der Waals surface area contributed by atoms with Crippen LogP contribution in [0, 0.1) is 12.3 Å². The summed E-state index contributed by atoms with van der Waals surface area (Å²) in [5, 5.41) is 0. The van der Waals surface area contributed by atoms with Gasteiger partial charge in [-0.05, 0) is 24.1 Å². The normalized spacial score (nSPS) is 16.0. The van der Waals surface area contributed by atoms with Crippen LogP contribution < -0.4 is 15.4 Å². The number of benzene rings is 1. The number of nitrogens with two attached hydrogens (primary N) is 1. The number of ether oxygens (including phenoxy) is 2. The molecule has 24 heavy (non-hydrogen) atoms. The van der Waals surface area contributed by atoms with Gasteiger partial charge >= 0.3 is 5.91 Å². The fraction of sp³-hybridized carbons (Fsp3) is 0.412. The molecule has 0 unspecified atom stereocenters. The van der Waals surface area contributed by atoms with Crippen molar-refractivity contribution in [3.63, 3.8) is 0 Å². The van der Waals surface area contributed by atoms with Gasteiger partial charge in [0.15, 0.2) is 0 Å². The van der Waals surface area contributed by atoms with Crippen molar-refractivity contribution in [1.82, 2.24) is 0 Å². The lowest BCUT2D eigenvalue weighted by Crippen LogP contribution is -2.62. The summed E-state index contributed by atoms with van der Waals surface area (Å²) in [6.45, 7) is -0.255. The van der Waals surface area contributed by atoms with Crippen LogP contribution in [0.3, 0.4) is 0 Å². The molecule has 0 saturated carbocycles. The molecule has 2 rings (SSSR count). The molecule has 0 aliphatic carbocycles. The van der Waals surface area contributed by atoms with Crippen LogP contribution in [0.1, 0.15) is 18.4 Å². The van der Waals surface area contributed by atoms with Gasteiger partial charge in [0.05, 0.1) is 7.11 Å². The van der Waals surface area contributed by atoms with E-state index in [-0.39, 0.29) is 31.6 Å². The summed E-state index contributed by atoms with van der Waals surface area (Å²) in [7, 11) is 1.42. The number of halogens is 1. The van der Waals surface area contributed by atoms with Crippen LogP contribution in [-0.2, 0) is 21.0 Å². The highest BCUT2D eigenvalue weighted by Gasteiger charge is 2.47. The zero-order valence-corrected chi connectivity index (χ0v) is 13.4. The van der Waals surface area contributed by atoms with E-state index in [0.29, 0.717) is 11.4 Å². The standard InChI is InChI=1S/C17H19FN2O4/c1-3-15(21)20(17(16(19)22)6-8-24-9-7-17)13-4-5-14(23-2)12(10-13)11-18/h1,4-5,10H,6-9,11H2,2H3,(H2,19,22). The molecule has 1 aromatic carbocycles. The molecule has 2 N–H and O–H groups in total. The molecule has 1 aliphatic heterocycles. The van der Waals surface area contributed by atoms with E-state index in [1.54, 1.807) is 6.07 Å². The van der Waals surface area contributed by atoms with Gasteiger partial charge in [-0.25, -0.2) is 4.39 Å². The Morgan fingerprint density at radius 3 is 2.62 bits per heavy atom. The third kappa shape index (κ3) is 3.05. The van der Waals surface area contributed by atoms with Crippen molar-refractivity contribution in [2.45, 2.75) is 25.1 Å². The Labute approximate surface area is 139 Å². The average molecular weight is 334 g/mol. The highest BCUT2D eigenvalue weighted by atomic mass is 19.1. The molecule has 6 nitrogen and oxygen atoms in total. The maximum absolute atomic E-state index is 13.3. The van der Waals surface area contributed by atoms with Crippen LogP contribution in [0.25, 0.3) is 0 Å². The summed E-state index contributed by atoms with van der Waals surface area (Å²) < 4.78 is 23.6. The summed E-state index contributed by atoms with van der Waals surface area (Å²) in [6, 6.07) is 4.51. The van der Waals surface area contributed by atoms with Crippen molar-refractivity contribution in [2.75, 3.05) is 25.2 Å². The number of rotatable bonds is 5. The number of hydrogen-bond acceptors (Lipinski definition) is 4. The van der Waals surface area contributed by atoms with Crippen LogP contribution in [0.2, 0.25) is 0 Å². The minimum atomic E-state index is -1.30. The maximum Gasteiger partial charge on any atom is 0.303 e. The second-order valence-corrected chi connectivity index (χ2v) is 5.42. The minimum absolute atomic E-state index is 0.215. The third-order valence-electron chi connectivity index (χ3n) is 4.20. The predicted octanol–water partition coefficient (Wildman–Crippen LogP) is 1.17. The van der Waals surface area contributed by atoms with Crippen molar-refractivity contribution in [1.29, 1.82) is 0 Å². The molecule has 0 spiro atoms. The molecule has 1 saturated heterocycles.